The van der Waals surface area contributed by atoms with Crippen molar-refractivity contribution in [1.29, 1.82) is 0 Å². The number of rotatable bonds is 2. The number of carbonyl (C=O) groups excluding carboxylic acids is 1. The van der Waals surface area contributed by atoms with Gasteiger partial charge in [-0.1, -0.05) is 12.1 Å². The average Bonchev–Trinajstić information content (AvgIpc) is 2.95. The largest absolute Gasteiger partial charge is 0.361 e. The zero-order valence-corrected chi connectivity index (χ0v) is 10.5. The molecular weight excluding hydrogens is 238 g/mol. The van der Waals surface area contributed by atoms with Crippen LogP contribution < -0.4 is 4.90 Å². The molecule has 0 radical (unpaired) electrons. The van der Waals surface area contributed by atoms with Gasteiger partial charge in [0.2, 0.25) is 0 Å². The average molecular weight is 251 g/mol. The van der Waals surface area contributed by atoms with Gasteiger partial charge in [-0.15, -0.1) is 0 Å². The summed E-state index contributed by atoms with van der Waals surface area (Å²) < 4.78 is 0. The number of pyridine rings is 1. The first-order valence-corrected chi connectivity index (χ1v) is 6.01. The molecule has 2 aromatic heterocycles. The normalized spacial score (nSPS) is 10.6. The Kier molecular flexibility index (Phi) is 2.76. The van der Waals surface area contributed by atoms with Crippen molar-refractivity contribution in [2.24, 2.45) is 0 Å². The number of hydrogen-bond donors (Lipinski definition) is 1. The summed E-state index contributed by atoms with van der Waals surface area (Å²) in [5.74, 6) is -0.0424. The van der Waals surface area contributed by atoms with E-state index in [4.69, 9.17) is 0 Å². The van der Waals surface area contributed by atoms with E-state index in [-0.39, 0.29) is 5.91 Å². The zero-order chi connectivity index (χ0) is 13.2. The Morgan fingerprint density at radius 3 is 2.74 bits per heavy atom. The lowest BCUT2D eigenvalue weighted by Gasteiger charge is -2.17. The lowest BCUT2D eigenvalue weighted by molar-refractivity contribution is 0.0994. The van der Waals surface area contributed by atoms with Crippen molar-refractivity contribution >= 4 is 22.5 Å². The van der Waals surface area contributed by atoms with Gasteiger partial charge in [0.25, 0.3) is 5.91 Å². The van der Waals surface area contributed by atoms with E-state index in [1.165, 1.54) is 0 Å². The molecule has 0 unspecified atom stereocenters. The number of aromatic nitrogens is 2. The van der Waals surface area contributed by atoms with Crippen LogP contribution in [-0.2, 0) is 0 Å². The Morgan fingerprint density at radius 1 is 1.16 bits per heavy atom. The summed E-state index contributed by atoms with van der Waals surface area (Å²) in [6, 6.07) is 11.3. The molecule has 19 heavy (non-hydrogen) atoms. The number of carbonyl (C=O) groups is 1. The van der Waals surface area contributed by atoms with Gasteiger partial charge in [0.1, 0.15) is 0 Å². The topological polar surface area (TPSA) is 49.0 Å². The van der Waals surface area contributed by atoms with Crippen molar-refractivity contribution in [2.75, 3.05) is 11.9 Å². The number of para-hydroxylation sites is 1. The van der Waals surface area contributed by atoms with E-state index in [0.29, 0.717) is 5.56 Å². The lowest BCUT2D eigenvalue weighted by atomic mass is 10.1. The minimum Gasteiger partial charge on any atom is -0.361 e. The highest BCUT2D eigenvalue weighted by Gasteiger charge is 2.16. The molecule has 3 aromatic rings. The molecule has 0 saturated carbocycles. The van der Waals surface area contributed by atoms with Crippen molar-refractivity contribution in [3.05, 3.63) is 60.6 Å². The van der Waals surface area contributed by atoms with E-state index in [9.17, 15) is 4.79 Å². The van der Waals surface area contributed by atoms with Gasteiger partial charge >= 0.3 is 0 Å². The molecule has 0 aliphatic heterocycles. The van der Waals surface area contributed by atoms with Gasteiger partial charge < -0.3 is 9.88 Å². The van der Waals surface area contributed by atoms with Crippen LogP contribution in [0.2, 0.25) is 0 Å². The van der Waals surface area contributed by atoms with Gasteiger partial charge in [-0.2, -0.15) is 0 Å². The van der Waals surface area contributed by atoms with Crippen LogP contribution in [0.1, 0.15) is 10.4 Å². The standard InChI is InChI=1S/C15H13N3O/c1-18(12-6-8-16-9-7-12)15(19)13-4-2-3-11-5-10-17-14(11)13/h2-10,17H,1H3. The molecule has 1 amide bonds. The summed E-state index contributed by atoms with van der Waals surface area (Å²) in [7, 11) is 1.76. The third-order valence-corrected chi connectivity index (χ3v) is 3.17. The number of nitrogens with one attached hydrogen (secondary N) is 1. The van der Waals surface area contributed by atoms with Crippen molar-refractivity contribution < 1.29 is 4.79 Å². The second-order valence-electron chi connectivity index (χ2n) is 4.32. The molecule has 1 N–H and O–H groups in total. The summed E-state index contributed by atoms with van der Waals surface area (Å²) in [6.07, 6.45) is 5.19. The van der Waals surface area contributed by atoms with Gasteiger partial charge in [0, 0.05) is 36.7 Å². The molecule has 4 nitrogen and oxygen atoms in total. The minimum absolute atomic E-state index is 0.0424. The fraction of sp³-hybridized carbons (Fsp3) is 0.0667. The number of fused-ring (bicyclic) bond motifs is 1. The number of hydrogen-bond acceptors (Lipinski definition) is 2. The van der Waals surface area contributed by atoms with E-state index >= 15 is 0 Å². The predicted octanol–water partition coefficient (Wildman–Crippen LogP) is 2.84. The molecule has 0 spiro atoms. The molecule has 2 heterocycles. The Bertz CT molecular complexity index is 718. The van der Waals surface area contributed by atoms with Gasteiger partial charge in [0.05, 0.1) is 11.1 Å². The summed E-state index contributed by atoms with van der Waals surface area (Å²) in [5.41, 5.74) is 2.36. The number of anilines is 1. The molecule has 3 rings (SSSR count). The second-order valence-corrected chi connectivity index (χ2v) is 4.32. The summed E-state index contributed by atoms with van der Waals surface area (Å²) in [6.45, 7) is 0. The van der Waals surface area contributed by atoms with Crippen LogP contribution in [0.5, 0.6) is 0 Å². The van der Waals surface area contributed by atoms with Gasteiger partial charge in [-0.3, -0.25) is 9.78 Å². The van der Waals surface area contributed by atoms with Gasteiger partial charge in [-0.05, 0) is 24.3 Å². The monoisotopic (exact) mass is 251 g/mol. The molecule has 1 aromatic carbocycles. The highest BCUT2D eigenvalue weighted by atomic mass is 16.2. The first-order valence-electron chi connectivity index (χ1n) is 6.01. The predicted molar refractivity (Wildman–Crippen MR) is 75.3 cm³/mol. The smallest absolute Gasteiger partial charge is 0.260 e. The number of nitrogens with zero attached hydrogens (tertiary/aromatic N) is 2. The molecular formula is C15H13N3O. The van der Waals surface area contributed by atoms with Crippen LogP contribution in [0.25, 0.3) is 10.9 Å². The number of H-pyrrole nitrogens is 1. The highest BCUT2D eigenvalue weighted by Crippen LogP contribution is 2.20. The maximum absolute atomic E-state index is 12.5. The van der Waals surface area contributed by atoms with Crippen molar-refractivity contribution in [3.8, 4) is 0 Å². The SMILES string of the molecule is CN(C(=O)c1cccc2cc[nH]c12)c1ccncc1. The first-order chi connectivity index (χ1) is 9.27. The molecule has 0 aliphatic carbocycles. The highest BCUT2D eigenvalue weighted by molar-refractivity contribution is 6.12. The fourth-order valence-electron chi connectivity index (χ4n) is 2.13. The number of aromatic amines is 1. The molecule has 0 atom stereocenters. The molecule has 94 valence electrons. The quantitative estimate of drug-likeness (QED) is 0.761. The van der Waals surface area contributed by atoms with Crippen molar-refractivity contribution in [3.63, 3.8) is 0 Å². The molecule has 0 aliphatic rings. The van der Waals surface area contributed by atoms with Crippen LogP contribution in [0.3, 0.4) is 0 Å². The fourth-order valence-corrected chi connectivity index (χ4v) is 2.13. The molecule has 0 bridgehead atoms. The molecule has 4 heteroatoms. The van der Waals surface area contributed by atoms with Crippen LogP contribution in [0, 0.1) is 0 Å². The first kappa shape index (κ1) is 11.5. The summed E-state index contributed by atoms with van der Waals surface area (Å²) in [4.78, 5) is 21.2. The van der Waals surface area contributed by atoms with Crippen LogP contribution in [0.15, 0.2) is 55.0 Å². The number of benzene rings is 1. The van der Waals surface area contributed by atoms with Crippen LogP contribution in [0.4, 0.5) is 5.69 Å². The zero-order valence-electron chi connectivity index (χ0n) is 10.5. The third-order valence-electron chi connectivity index (χ3n) is 3.17. The van der Waals surface area contributed by atoms with Crippen LogP contribution >= 0.6 is 0 Å². The van der Waals surface area contributed by atoms with E-state index in [2.05, 4.69) is 9.97 Å². The van der Waals surface area contributed by atoms with E-state index in [0.717, 1.165) is 16.6 Å². The number of amides is 1. The summed E-state index contributed by atoms with van der Waals surface area (Å²) >= 11 is 0. The minimum atomic E-state index is -0.0424. The Morgan fingerprint density at radius 2 is 1.95 bits per heavy atom. The molecule has 0 saturated heterocycles. The Hall–Kier alpha value is -2.62. The van der Waals surface area contributed by atoms with E-state index in [1.54, 1.807) is 24.3 Å². The Balaban J connectivity index is 2.02. The van der Waals surface area contributed by atoms with Gasteiger partial charge in [-0.25, -0.2) is 0 Å². The van der Waals surface area contributed by atoms with E-state index in [1.807, 2.05) is 42.6 Å². The summed E-state index contributed by atoms with van der Waals surface area (Å²) in [5, 5.41) is 1.04. The van der Waals surface area contributed by atoms with Gasteiger partial charge in [0.15, 0.2) is 0 Å². The van der Waals surface area contributed by atoms with E-state index < -0.39 is 0 Å². The Labute approximate surface area is 110 Å². The maximum atomic E-state index is 12.5. The second kappa shape index (κ2) is 4.57. The lowest BCUT2D eigenvalue weighted by Crippen LogP contribution is -2.26. The molecule has 0 fully saturated rings. The maximum Gasteiger partial charge on any atom is 0.260 e. The van der Waals surface area contributed by atoms with Crippen LogP contribution in [-0.4, -0.2) is 22.9 Å². The van der Waals surface area contributed by atoms with Crippen molar-refractivity contribution in [2.45, 2.75) is 0 Å². The third kappa shape index (κ3) is 1.97. The van der Waals surface area contributed by atoms with Crippen molar-refractivity contribution in [1.82, 2.24) is 9.97 Å².